The average Bonchev–Trinajstić information content (AvgIpc) is 3.35. The first kappa shape index (κ1) is 18.3. The van der Waals surface area contributed by atoms with Crippen LogP contribution in [0.3, 0.4) is 0 Å². The zero-order valence-corrected chi connectivity index (χ0v) is 16.1. The highest BCUT2D eigenvalue weighted by Crippen LogP contribution is 2.33. The molecule has 28 heavy (non-hydrogen) atoms. The number of aromatic nitrogens is 2. The Labute approximate surface area is 166 Å². The highest BCUT2D eigenvalue weighted by molar-refractivity contribution is 6.30. The fourth-order valence-corrected chi connectivity index (χ4v) is 3.33. The van der Waals surface area contributed by atoms with Crippen molar-refractivity contribution in [2.45, 2.75) is 12.3 Å². The molecular formula is C20H18ClN3O4. The van der Waals surface area contributed by atoms with Gasteiger partial charge in [0.1, 0.15) is 11.5 Å². The summed E-state index contributed by atoms with van der Waals surface area (Å²) in [5, 5.41) is 4.72. The van der Waals surface area contributed by atoms with E-state index in [2.05, 4.69) is 10.1 Å². The van der Waals surface area contributed by atoms with Gasteiger partial charge in [-0.3, -0.25) is 4.79 Å². The molecule has 7 nitrogen and oxygen atoms in total. The van der Waals surface area contributed by atoms with E-state index in [1.807, 2.05) is 12.1 Å². The Morgan fingerprint density at radius 3 is 2.43 bits per heavy atom. The highest BCUT2D eigenvalue weighted by atomic mass is 35.5. The number of hydrogen-bond acceptors (Lipinski definition) is 6. The van der Waals surface area contributed by atoms with Gasteiger partial charge in [-0.2, -0.15) is 4.98 Å². The molecule has 1 atom stereocenters. The van der Waals surface area contributed by atoms with Crippen LogP contribution in [0.5, 0.6) is 11.5 Å². The number of amides is 1. The smallest absolute Gasteiger partial charge is 0.258 e. The van der Waals surface area contributed by atoms with Crippen LogP contribution >= 0.6 is 11.6 Å². The van der Waals surface area contributed by atoms with Crippen molar-refractivity contribution < 1.29 is 18.8 Å². The van der Waals surface area contributed by atoms with E-state index in [-0.39, 0.29) is 11.8 Å². The summed E-state index contributed by atoms with van der Waals surface area (Å²) in [6, 6.07) is 12.5. The van der Waals surface area contributed by atoms with E-state index in [0.29, 0.717) is 46.8 Å². The zero-order valence-electron chi connectivity index (χ0n) is 15.4. The van der Waals surface area contributed by atoms with E-state index < -0.39 is 0 Å². The molecule has 1 aliphatic rings. The molecule has 1 aliphatic heterocycles. The molecule has 144 valence electrons. The van der Waals surface area contributed by atoms with Crippen molar-refractivity contribution in [1.29, 1.82) is 0 Å². The molecular weight excluding hydrogens is 382 g/mol. The van der Waals surface area contributed by atoms with Gasteiger partial charge in [-0.15, -0.1) is 0 Å². The lowest BCUT2D eigenvalue weighted by molar-refractivity contribution is -0.117. The van der Waals surface area contributed by atoms with Crippen molar-refractivity contribution in [2.75, 3.05) is 25.7 Å². The van der Waals surface area contributed by atoms with E-state index in [1.165, 1.54) is 0 Å². The van der Waals surface area contributed by atoms with E-state index in [4.69, 9.17) is 25.6 Å². The predicted octanol–water partition coefficient (Wildman–Crippen LogP) is 3.93. The number of hydrogen-bond donors (Lipinski definition) is 0. The number of nitrogens with zero attached hydrogens (tertiary/aromatic N) is 3. The fourth-order valence-electron chi connectivity index (χ4n) is 3.20. The highest BCUT2D eigenvalue weighted by Gasteiger charge is 2.34. The monoisotopic (exact) mass is 399 g/mol. The summed E-state index contributed by atoms with van der Waals surface area (Å²) in [6.45, 7) is 0.487. The van der Waals surface area contributed by atoms with Crippen LogP contribution in [0.1, 0.15) is 18.2 Å². The third kappa shape index (κ3) is 3.53. The summed E-state index contributed by atoms with van der Waals surface area (Å²) in [6.07, 6.45) is 0.322. The molecule has 0 bridgehead atoms. The summed E-state index contributed by atoms with van der Waals surface area (Å²) >= 11 is 5.93. The number of halogens is 1. The quantitative estimate of drug-likeness (QED) is 0.647. The van der Waals surface area contributed by atoms with Crippen molar-refractivity contribution in [3.8, 4) is 23.0 Å². The first-order valence-corrected chi connectivity index (χ1v) is 9.08. The summed E-state index contributed by atoms with van der Waals surface area (Å²) < 4.78 is 16.0. The fraction of sp³-hybridized carbons (Fsp3) is 0.250. The van der Waals surface area contributed by atoms with E-state index in [1.54, 1.807) is 49.5 Å². The lowest BCUT2D eigenvalue weighted by Gasteiger charge is -2.16. The molecule has 0 N–H and O–H groups in total. The topological polar surface area (TPSA) is 77.7 Å². The molecule has 1 aromatic heterocycles. The molecule has 0 aliphatic carbocycles. The third-order valence-electron chi connectivity index (χ3n) is 4.67. The number of benzene rings is 2. The van der Waals surface area contributed by atoms with Gasteiger partial charge in [0.15, 0.2) is 5.82 Å². The first-order chi connectivity index (χ1) is 13.6. The normalized spacial score (nSPS) is 16.5. The van der Waals surface area contributed by atoms with E-state index in [0.717, 1.165) is 5.69 Å². The minimum absolute atomic E-state index is 0.0155. The molecule has 1 fully saturated rings. The van der Waals surface area contributed by atoms with Crippen LogP contribution in [-0.4, -0.2) is 36.8 Å². The van der Waals surface area contributed by atoms with Gasteiger partial charge in [-0.25, -0.2) is 0 Å². The molecule has 1 amide bonds. The number of carbonyl (C=O) groups excluding carboxylic acids is 1. The summed E-state index contributed by atoms with van der Waals surface area (Å²) in [5.41, 5.74) is 1.49. The Hall–Kier alpha value is -3.06. The Bertz CT molecular complexity index is 981. The summed E-state index contributed by atoms with van der Waals surface area (Å²) in [7, 11) is 3.15. The SMILES string of the molecule is COc1cc(OC)cc(-c2nc(C3CC(=O)N(c4ccc(Cl)cc4)C3)no2)c1. The molecule has 4 rings (SSSR count). The zero-order chi connectivity index (χ0) is 19.7. The van der Waals surface area contributed by atoms with Crippen LogP contribution in [0, 0.1) is 0 Å². The minimum Gasteiger partial charge on any atom is -0.497 e. The van der Waals surface area contributed by atoms with Crippen molar-refractivity contribution in [3.63, 3.8) is 0 Å². The summed E-state index contributed by atoms with van der Waals surface area (Å²) in [4.78, 5) is 18.7. The number of rotatable bonds is 5. The van der Waals surface area contributed by atoms with Crippen LogP contribution in [0.4, 0.5) is 5.69 Å². The van der Waals surface area contributed by atoms with Gasteiger partial charge in [0.05, 0.1) is 14.2 Å². The molecule has 0 spiro atoms. The van der Waals surface area contributed by atoms with Crippen LogP contribution < -0.4 is 14.4 Å². The molecule has 1 saturated heterocycles. The second-order valence-electron chi connectivity index (χ2n) is 6.44. The molecule has 8 heteroatoms. The number of anilines is 1. The van der Waals surface area contributed by atoms with Crippen LogP contribution in [-0.2, 0) is 4.79 Å². The predicted molar refractivity (Wildman–Crippen MR) is 104 cm³/mol. The molecule has 2 heterocycles. The van der Waals surface area contributed by atoms with Gasteiger partial charge in [0.2, 0.25) is 5.91 Å². The maximum atomic E-state index is 12.5. The average molecular weight is 400 g/mol. The molecule has 0 saturated carbocycles. The van der Waals surface area contributed by atoms with Crippen LogP contribution in [0.15, 0.2) is 47.0 Å². The maximum absolute atomic E-state index is 12.5. The van der Waals surface area contributed by atoms with E-state index >= 15 is 0 Å². The third-order valence-corrected chi connectivity index (χ3v) is 4.92. The molecule has 0 radical (unpaired) electrons. The number of ether oxygens (including phenoxy) is 2. The minimum atomic E-state index is -0.145. The largest absolute Gasteiger partial charge is 0.497 e. The Kier molecular flexibility index (Phi) is 4.92. The van der Waals surface area contributed by atoms with Gasteiger partial charge in [-0.1, -0.05) is 16.8 Å². The Morgan fingerprint density at radius 1 is 1.11 bits per heavy atom. The van der Waals surface area contributed by atoms with Crippen molar-refractivity contribution in [1.82, 2.24) is 10.1 Å². The van der Waals surface area contributed by atoms with Crippen molar-refractivity contribution in [3.05, 3.63) is 53.3 Å². The van der Waals surface area contributed by atoms with Crippen LogP contribution in [0.2, 0.25) is 5.02 Å². The summed E-state index contributed by atoms with van der Waals surface area (Å²) in [5.74, 6) is 1.97. The van der Waals surface area contributed by atoms with Gasteiger partial charge in [0.25, 0.3) is 5.89 Å². The Morgan fingerprint density at radius 2 is 1.79 bits per heavy atom. The standard InChI is InChI=1S/C20H18ClN3O4/c1-26-16-7-12(8-17(10-16)27-2)20-22-19(23-28-20)13-9-18(25)24(11-13)15-5-3-14(21)4-6-15/h3-8,10,13H,9,11H2,1-2H3. The van der Waals surface area contributed by atoms with Crippen molar-refractivity contribution >= 4 is 23.2 Å². The van der Waals surface area contributed by atoms with Crippen LogP contribution in [0.25, 0.3) is 11.5 Å². The second kappa shape index (κ2) is 7.52. The molecule has 3 aromatic rings. The lowest BCUT2D eigenvalue weighted by Crippen LogP contribution is -2.24. The van der Waals surface area contributed by atoms with Gasteiger partial charge in [-0.05, 0) is 36.4 Å². The van der Waals surface area contributed by atoms with E-state index in [9.17, 15) is 4.79 Å². The van der Waals surface area contributed by atoms with Crippen molar-refractivity contribution in [2.24, 2.45) is 0 Å². The molecule has 1 unspecified atom stereocenters. The molecule has 2 aromatic carbocycles. The second-order valence-corrected chi connectivity index (χ2v) is 6.88. The first-order valence-electron chi connectivity index (χ1n) is 8.70. The van der Waals surface area contributed by atoms with Gasteiger partial charge < -0.3 is 18.9 Å². The number of carbonyl (C=O) groups is 1. The lowest BCUT2D eigenvalue weighted by atomic mass is 10.1. The maximum Gasteiger partial charge on any atom is 0.258 e. The Balaban J connectivity index is 1.57. The van der Waals surface area contributed by atoms with Gasteiger partial charge in [0, 0.05) is 41.2 Å². The van der Waals surface area contributed by atoms with Gasteiger partial charge >= 0.3 is 0 Å². The number of methoxy groups -OCH3 is 2.